The van der Waals surface area contributed by atoms with E-state index in [0.717, 1.165) is 53.8 Å². The monoisotopic (exact) mass is 378 g/mol. The maximum absolute atomic E-state index is 12.5. The third-order valence-electron chi connectivity index (χ3n) is 5.54. The number of benzene rings is 1. The zero-order valence-electron chi connectivity index (χ0n) is 16.7. The van der Waals surface area contributed by atoms with E-state index in [1.165, 1.54) is 0 Å². The van der Waals surface area contributed by atoms with Crippen molar-refractivity contribution in [3.63, 3.8) is 0 Å². The molecule has 1 amide bonds. The number of rotatable bonds is 4. The Bertz CT molecular complexity index is 1000. The number of pyridine rings is 1. The molecule has 1 aliphatic heterocycles. The highest BCUT2D eigenvalue weighted by Crippen LogP contribution is 2.31. The van der Waals surface area contributed by atoms with Crippen molar-refractivity contribution in [1.82, 2.24) is 19.7 Å². The van der Waals surface area contributed by atoms with Crippen LogP contribution in [0.15, 0.2) is 36.5 Å². The Hall–Kier alpha value is -2.89. The van der Waals surface area contributed by atoms with Crippen LogP contribution in [0.3, 0.4) is 0 Å². The SMILES string of the molecule is Cc1cc(-c2ccccc2OCC(=O)N2CCC(C)CC2)nc2cnn(C)c12. The summed E-state index contributed by atoms with van der Waals surface area (Å²) in [6.45, 7) is 5.99. The van der Waals surface area contributed by atoms with Crippen LogP contribution >= 0.6 is 0 Å². The summed E-state index contributed by atoms with van der Waals surface area (Å²) >= 11 is 0. The van der Waals surface area contributed by atoms with Gasteiger partial charge in [-0.05, 0) is 49.4 Å². The van der Waals surface area contributed by atoms with Crippen LogP contribution < -0.4 is 4.74 Å². The second-order valence-corrected chi connectivity index (χ2v) is 7.67. The van der Waals surface area contributed by atoms with E-state index in [1.807, 2.05) is 47.0 Å². The maximum atomic E-state index is 12.5. The van der Waals surface area contributed by atoms with Gasteiger partial charge in [0, 0.05) is 25.7 Å². The van der Waals surface area contributed by atoms with Gasteiger partial charge in [-0.1, -0.05) is 19.1 Å². The van der Waals surface area contributed by atoms with Crippen molar-refractivity contribution in [2.24, 2.45) is 13.0 Å². The van der Waals surface area contributed by atoms with Crippen LogP contribution in [0.1, 0.15) is 25.3 Å². The van der Waals surface area contributed by atoms with Crippen LogP contribution in [0.5, 0.6) is 5.75 Å². The van der Waals surface area contributed by atoms with Gasteiger partial charge in [-0.2, -0.15) is 5.10 Å². The fraction of sp³-hybridized carbons (Fsp3) is 0.409. The van der Waals surface area contributed by atoms with Crippen LogP contribution in [0.4, 0.5) is 0 Å². The molecule has 6 nitrogen and oxygen atoms in total. The second kappa shape index (κ2) is 7.62. The molecule has 6 heteroatoms. The minimum atomic E-state index is 0.0496. The quantitative estimate of drug-likeness (QED) is 0.696. The highest BCUT2D eigenvalue weighted by atomic mass is 16.5. The van der Waals surface area contributed by atoms with Gasteiger partial charge in [0.15, 0.2) is 6.61 Å². The highest BCUT2D eigenvalue weighted by molar-refractivity contribution is 5.83. The molecule has 0 atom stereocenters. The van der Waals surface area contributed by atoms with Crippen LogP contribution in [-0.4, -0.2) is 45.3 Å². The first-order valence-electron chi connectivity index (χ1n) is 9.82. The third kappa shape index (κ3) is 3.59. The number of hydrogen-bond acceptors (Lipinski definition) is 4. The Morgan fingerprint density at radius 1 is 1.25 bits per heavy atom. The van der Waals surface area contributed by atoms with E-state index in [2.05, 4.69) is 18.9 Å². The summed E-state index contributed by atoms with van der Waals surface area (Å²) in [6, 6.07) is 9.79. The van der Waals surface area contributed by atoms with Gasteiger partial charge >= 0.3 is 0 Å². The minimum Gasteiger partial charge on any atom is -0.483 e. The molecule has 0 aliphatic carbocycles. The van der Waals surface area contributed by atoms with Crippen molar-refractivity contribution in [3.05, 3.63) is 42.1 Å². The number of aryl methyl sites for hydroxylation is 2. The van der Waals surface area contributed by atoms with Crippen molar-refractivity contribution < 1.29 is 9.53 Å². The molecule has 146 valence electrons. The van der Waals surface area contributed by atoms with Gasteiger partial charge in [0.05, 0.1) is 17.4 Å². The largest absolute Gasteiger partial charge is 0.483 e. The summed E-state index contributed by atoms with van der Waals surface area (Å²) in [5, 5.41) is 4.30. The number of aromatic nitrogens is 3. The molecule has 28 heavy (non-hydrogen) atoms. The number of carbonyl (C=O) groups excluding carboxylic acids is 1. The van der Waals surface area contributed by atoms with Gasteiger partial charge in [0.25, 0.3) is 5.91 Å². The number of likely N-dealkylation sites (tertiary alicyclic amines) is 1. The molecule has 1 fully saturated rings. The lowest BCUT2D eigenvalue weighted by Crippen LogP contribution is -2.40. The fourth-order valence-corrected chi connectivity index (χ4v) is 3.83. The lowest BCUT2D eigenvalue weighted by Gasteiger charge is -2.30. The number of para-hydroxylation sites is 1. The molecule has 1 aliphatic rings. The van der Waals surface area contributed by atoms with Gasteiger partial charge in [-0.25, -0.2) is 4.98 Å². The van der Waals surface area contributed by atoms with E-state index < -0.39 is 0 Å². The van der Waals surface area contributed by atoms with Crippen molar-refractivity contribution in [3.8, 4) is 17.0 Å². The molecular formula is C22H26N4O2. The maximum Gasteiger partial charge on any atom is 0.260 e. The highest BCUT2D eigenvalue weighted by Gasteiger charge is 2.21. The summed E-state index contributed by atoms with van der Waals surface area (Å²) in [7, 11) is 1.92. The van der Waals surface area contributed by atoms with Gasteiger partial charge in [0.1, 0.15) is 11.3 Å². The lowest BCUT2D eigenvalue weighted by molar-refractivity contribution is -0.134. The third-order valence-corrected chi connectivity index (χ3v) is 5.54. The second-order valence-electron chi connectivity index (χ2n) is 7.67. The van der Waals surface area contributed by atoms with E-state index in [-0.39, 0.29) is 12.5 Å². The first kappa shape index (κ1) is 18.5. The Balaban J connectivity index is 1.55. The summed E-state index contributed by atoms with van der Waals surface area (Å²) in [4.78, 5) is 19.2. The van der Waals surface area contributed by atoms with Crippen molar-refractivity contribution in [2.75, 3.05) is 19.7 Å². The molecule has 4 rings (SSSR count). The number of carbonyl (C=O) groups is 1. The van der Waals surface area contributed by atoms with Crippen molar-refractivity contribution >= 4 is 16.9 Å². The first-order chi connectivity index (χ1) is 13.5. The van der Waals surface area contributed by atoms with Crippen LogP contribution in [0.25, 0.3) is 22.3 Å². The van der Waals surface area contributed by atoms with Crippen molar-refractivity contribution in [2.45, 2.75) is 26.7 Å². The predicted octanol–water partition coefficient (Wildman–Crippen LogP) is 3.58. The summed E-state index contributed by atoms with van der Waals surface area (Å²) in [5.74, 6) is 1.42. The number of hydrogen-bond donors (Lipinski definition) is 0. The topological polar surface area (TPSA) is 60.2 Å². The first-order valence-corrected chi connectivity index (χ1v) is 9.82. The van der Waals surface area contributed by atoms with Crippen molar-refractivity contribution in [1.29, 1.82) is 0 Å². The molecule has 2 aromatic heterocycles. The molecule has 0 spiro atoms. The Kier molecular flexibility index (Phi) is 5.03. The zero-order valence-corrected chi connectivity index (χ0v) is 16.7. The number of piperidine rings is 1. The van der Waals surface area contributed by atoms with E-state index in [0.29, 0.717) is 11.7 Å². The lowest BCUT2D eigenvalue weighted by atomic mass is 9.99. The molecule has 3 aromatic rings. The van der Waals surface area contributed by atoms with E-state index in [9.17, 15) is 4.79 Å². The molecule has 0 saturated carbocycles. The molecule has 1 saturated heterocycles. The smallest absolute Gasteiger partial charge is 0.260 e. The summed E-state index contributed by atoms with van der Waals surface area (Å²) in [6.07, 6.45) is 3.91. The summed E-state index contributed by atoms with van der Waals surface area (Å²) in [5.41, 5.74) is 4.69. The molecule has 3 heterocycles. The van der Waals surface area contributed by atoms with E-state index >= 15 is 0 Å². The van der Waals surface area contributed by atoms with Crippen LogP contribution in [-0.2, 0) is 11.8 Å². The van der Waals surface area contributed by atoms with E-state index in [4.69, 9.17) is 9.72 Å². The van der Waals surface area contributed by atoms with Gasteiger partial charge in [-0.3, -0.25) is 9.48 Å². The number of amides is 1. The van der Waals surface area contributed by atoms with Gasteiger partial charge < -0.3 is 9.64 Å². The fourth-order valence-electron chi connectivity index (χ4n) is 3.83. The molecule has 0 N–H and O–H groups in total. The van der Waals surface area contributed by atoms with Gasteiger partial charge in [-0.15, -0.1) is 0 Å². The average Bonchev–Trinajstić information content (AvgIpc) is 3.08. The van der Waals surface area contributed by atoms with E-state index in [1.54, 1.807) is 6.20 Å². The Labute approximate surface area is 165 Å². The molecular weight excluding hydrogens is 352 g/mol. The zero-order chi connectivity index (χ0) is 19.7. The Morgan fingerprint density at radius 2 is 2.00 bits per heavy atom. The molecule has 0 unspecified atom stereocenters. The average molecular weight is 378 g/mol. The Morgan fingerprint density at radius 3 is 2.79 bits per heavy atom. The number of nitrogens with zero attached hydrogens (tertiary/aromatic N) is 4. The normalized spacial score (nSPS) is 15.2. The molecule has 0 bridgehead atoms. The van der Waals surface area contributed by atoms with Gasteiger partial charge in [0.2, 0.25) is 0 Å². The summed E-state index contributed by atoms with van der Waals surface area (Å²) < 4.78 is 7.77. The predicted molar refractivity (Wildman–Crippen MR) is 109 cm³/mol. The molecule has 0 radical (unpaired) electrons. The van der Waals surface area contributed by atoms with Crippen LogP contribution in [0, 0.1) is 12.8 Å². The minimum absolute atomic E-state index is 0.0496. The standard InChI is InChI=1S/C22H26N4O2/c1-15-8-10-26(11-9-15)21(27)14-28-20-7-5-4-6-17(20)18-12-16(2)22-19(24-18)13-23-25(22)3/h4-7,12-13,15H,8-11,14H2,1-3H3. The molecule has 1 aromatic carbocycles. The van der Waals surface area contributed by atoms with Crippen LogP contribution in [0.2, 0.25) is 0 Å². The number of ether oxygens (including phenoxy) is 1. The number of fused-ring (bicyclic) bond motifs is 1.